The summed E-state index contributed by atoms with van der Waals surface area (Å²) in [6, 6.07) is 4.99. The van der Waals surface area contributed by atoms with Crippen molar-refractivity contribution in [3.63, 3.8) is 0 Å². The molecule has 1 aliphatic heterocycles. The van der Waals surface area contributed by atoms with Gasteiger partial charge in [0, 0.05) is 36.6 Å². The van der Waals surface area contributed by atoms with Crippen LogP contribution in [0.25, 0.3) is 0 Å². The van der Waals surface area contributed by atoms with Crippen molar-refractivity contribution in [1.82, 2.24) is 14.8 Å². The number of amides is 1. The van der Waals surface area contributed by atoms with Gasteiger partial charge in [-0.25, -0.2) is 4.98 Å². The van der Waals surface area contributed by atoms with Crippen LogP contribution in [0.1, 0.15) is 49.2 Å². The van der Waals surface area contributed by atoms with Gasteiger partial charge in [-0.1, -0.05) is 44.0 Å². The molecule has 146 valence electrons. The average Bonchev–Trinajstić information content (AvgIpc) is 2.94. The van der Waals surface area contributed by atoms with Crippen LogP contribution in [-0.4, -0.2) is 46.9 Å². The van der Waals surface area contributed by atoms with Gasteiger partial charge in [-0.2, -0.15) is 0 Å². The van der Waals surface area contributed by atoms with Gasteiger partial charge in [-0.05, 0) is 24.6 Å². The summed E-state index contributed by atoms with van der Waals surface area (Å²) in [5.41, 5.74) is 0.447. The molecule has 0 unspecified atom stereocenters. The van der Waals surface area contributed by atoms with E-state index in [-0.39, 0.29) is 11.3 Å². The fourth-order valence-electron chi connectivity index (χ4n) is 3.09. The second-order valence-electron chi connectivity index (χ2n) is 7.91. The predicted molar refractivity (Wildman–Crippen MR) is 107 cm³/mol. The molecule has 1 fully saturated rings. The fraction of sp³-hybridized carbons (Fsp3) is 0.500. The van der Waals surface area contributed by atoms with E-state index >= 15 is 0 Å². The number of benzene rings is 1. The summed E-state index contributed by atoms with van der Waals surface area (Å²) in [6.45, 7) is 9.98. The molecular weight excluding hydrogens is 385 g/mol. The first-order chi connectivity index (χ1) is 12.7. The molecule has 1 aromatic carbocycles. The van der Waals surface area contributed by atoms with Crippen molar-refractivity contribution in [3.8, 4) is 0 Å². The van der Waals surface area contributed by atoms with E-state index in [1.54, 1.807) is 18.2 Å². The molecule has 7 heteroatoms. The van der Waals surface area contributed by atoms with Gasteiger partial charge < -0.3 is 9.32 Å². The third kappa shape index (κ3) is 5.03. The molecule has 2 heterocycles. The predicted octanol–water partition coefficient (Wildman–Crippen LogP) is 4.63. The lowest BCUT2D eigenvalue weighted by Gasteiger charge is -2.22. The zero-order valence-corrected chi connectivity index (χ0v) is 17.5. The zero-order chi connectivity index (χ0) is 19.6. The summed E-state index contributed by atoms with van der Waals surface area (Å²) in [5.74, 6) is 1.56. The lowest BCUT2D eigenvalue weighted by molar-refractivity contribution is 0.0761. The third-order valence-corrected chi connectivity index (χ3v) is 5.24. The van der Waals surface area contributed by atoms with Crippen LogP contribution in [0.3, 0.4) is 0 Å². The van der Waals surface area contributed by atoms with Crippen molar-refractivity contribution < 1.29 is 9.21 Å². The van der Waals surface area contributed by atoms with Gasteiger partial charge in [0.2, 0.25) is 5.89 Å². The number of hydrogen-bond donors (Lipinski definition) is 0. The highest BCUT2D eigenvalue weighted by Gasteiger charge is 2.24. The Labute approximate surface area is 170 Å². The second kappa shape index (κ2) is 8.21. The van der Waals surface area contributed by atoms with Gasteiger partial charge >= 0.3 is 0 Å². The van der Waals surface area contributed by atoms with Crippen LogP contribution in [0.4, 0.5) is 0 Å². The van der Waals surface area contributed by atoms with Crippen LogP contribution in [0.15, 0.2) is 28.8 Å². The molecule has 1 aromatic heterocycles. The standard InChI is InChI=1S/C20H25Cl2N3O2/c1-20(2,3)17-12-23-18(27-17)13-24-7-4-8-25(10-9-24)19(26)15-6-5-14(21)11-16(15)22/h5-6,11-12H,4,7-10,13H2,1-3H3. The smallest absolute Gasteiger partial charge is 0.255 e. The number of hydrogen-bond acceptors (Lipinski definition) is 4. The summed E-state index contributed by atoms with van der Waals surface area (Å²) in [4.78, 5) is 21.3. The third-order valence-electron chi connectivity index (χ3n) is 4.69. The van der Waals surface area contributed by atoms with Crippen molar-refractivity contribution >= 4 is 29.1 Å². The Kier molecular flexibility index (Phi) is 6.14. The van der Waals surface area contributed by atoms with Crippen molar-refractivity contribution in [3.05, 3.63) is 51.7 Å². The Morgan fingerprint density at radius 2 is 1.96 bits per heavy atom. The number of carbonyl (C=O) groups excluding carboxylic acids is 1. The summed E-state index contributed by atoms with van der Waals surface area (Å²) in [6.07, 6.45) is 2.70. The van der Waals surface area contributed by atoms with Crippen molar-refractivity contribution in [2.24, 2.45) is 0 Å². The van der Waals surface area contributed by atoms with Gasteiger partial charge in [0.1, 0.15) is 5.76 Å². The summed E-state index contributed by atoms with van der Waals surface area (Å²) >= 11 is 12.1. The van der Waals surface area contributed by atoms with E-state index in [4.69, 9.17) is 27.6 Å². The number of rotatable bonds is 3. The number of carbonyl (C=O) groups is 1. The lowest BCUT2D eigenvalue weighted by atomic mass is 9.94. The highest BCUT2D eigenvalue weighted by atomic mass is 35.5. The summed E-state index contributed by atoms with van der Waals surface area (Å²) in [7, 11) is 0. The van der Waals surface area contributed by atoms with Crippen LogP contribution in [0, 0.1) is 0 Å². The molecule has 0 spiro atoms. The lowest BCUT2D eigenvalue weighted by Crippen LogP contribution is -2.35. The second-order valence-corrected chi connectivity index (χ2v) is 8.76. The number of halogens is 2. The van der Waals surface area contributed by atoms with E-state index in [1.807, 2.05) is 11.1 Å². The summed E-state index contributed by atoms with van der Waals surface area (Å²) < 4.78 is 5.90. The Bertz CT molecular complexity index is 814. The number of oxazole rings is 1. The van der Waals surface area contributed by atoms with Gasteiger partial charge in [-0.3, -0.25) is 9.69 Å². The largest absolute Gasteiger partial charge is 0.444 e. The molecule has 1 aliphatic rings. The molecule has 0 radical (unpaired) electrons. The van der Waals surface area contributed by atoms with E-state index in [0.29, 0.717) is 35.2 Å². The zero-order valence-electron chi connectivity index (χ0n) is 16.0. The molecular formula is C20H25Cl2N3O2. The minimum Gasteiger partial charge on any atom is -0.444 e. The Morgan fingerprint density at radius 1 is 1.19 bits per heavy atom. The highest BCUT2D eigenvalue weighted by molar-refractivity contribution is 6.36. The first-order valence-electron chi connectivity index (χ1n) is 9.16. The Balaban J connectivity index is 1.62. The molecule has 2 aromatic rings. The normalized spacial score (nSPS) is 16.4. The van der Waals surface area contributed by atoms with Gasteiger partial charge in [0.25, 0.3) is 5.91 Å². The maximum atomic E-state index is 12.8. The van der Waals surface area contributed by atoms with E-state index in [2.05, 4.69) is 30.7 Å². The average molecular weight is 410 g/mol. The van der Waals surface area contributed by atoms with E-state index < -0.39 is 0 Å². The van der Waals surface area contributed by atoms with E-state index in [1.165, 1.54) is 0 Å². The molecule has 1 saturated heterocycles. The Morgan fingerprint density at radius 3 is 2.63 bits per heavy atom. The van der Waals surface area contributed by atoms with Crippen LogP contribution in [0.2, 0.25) is 10.0 Å². The molecule has 0 saturated carbocycles. The molecule has 0 bridgehead atoms. The first kappa shape index (κ1) is 20.2. The van der Waals surface area contributed by atoms with Crippen LogP contribution >= 0.6 is 23.2 Å². The quantitative estimate of drug-likeness (QED) is 0.741. The van der Waals surface area contributed by atoms with Gasteiger partial charge in [0.15, 0.2) is 0 Å². The maximum absolute atomic E-state index is 12.8. The molecule has 3 rings (SSSR count). The minimum atomic E-state index is -0.0512. The van der Waals surface area contributed by atoms with Crippen molar-refractivity contribution in [2.75, 3.05) is 26.2 Å². The molecule has 1 amide bonds. The number of aromatic nitrogens is 1. The topological polar surface area (TPSA) is 49.6 Å². The van der Waals surface area contributed by atoms with Crippen LogP contribution in [-0.2, 0) is 12.0 Å². The van der Waals surface area contributed by atoms with E-state index in [9.17, 15) is 4.79 Å². The van der Waals surface area contributed by atoms with E-state index in [0.717, 1.165) is 31.2 Å². The van der Waals surface area contributed by atoms with Gasteiger partial charge in [-0.15, -0.1) is 0 Å². The Hall–Kier alpha value is -1.56. The van der Waals surface area contributed by atoms with Crippen LogP contribution in [0.5, 0.6) is 0 Å². The van der Waals surface area contributed by atoms with Crippen molar-refractivity contribution in [1.29, 1.82) is 0 Å². The maximum Gasteiger partial charge on any atom is 0.255 e. The molecule has 27 heavy (non-hydrogen) atoms. The molecule has 0 aliphatic carbocycles. The number of nitrogens with zero attached hydrogens (tertiary/aromatic N) is 3. The first-order valence-corrected chi connectivity index (χ1v) is 9.91. The molecule has 0 atom stereocenters. The highest BCUT2D eigenvalue weighted by Crippen LogP contribution is 2.24. The fourth-order valence-corrected chi connectivity index (χ4v) is 3.58. The van der Waals surface area contributed by atoms with Crippen LogP contribution < -0.4 is 0 Å². The van der Waals surface area contributed by atoms with Gasteiger partial charge in [0.05, 0.1) is 23.3 Å². The van der Waals surface area contributed by atoms with Crippen molar-refractivity contribution in [2.45, 2.75) is 39.2 Å². The molecule has 5 nitrogen and oxygen atoms in total. The molecule has 0 N–H and O–H groups in total. The SMILES string of the molecule is CC(C)(C)c1cnc(CN2CCCN(C(=O)c3ccc(Cl)cc3Cl)CC2)o1. The monoisotopic (exact) mass is 409 g/mol. The summed E-state index contributed by atoms with van der Waals surface area (Å²) in [5, 5.41) is 0.919. The minimum absolute atomic E-state index is 0.0505.